The lowest BCUT2D eigenvalue weighted by molar-refractivity contribution is -0.178. The van der Waals surface area contributed by atoms with Crippen LogP contribution < -0.4 is 5.32 Å². The van der Waals surface area contributed by atoms with E-state index in [2.05, 4.69) is 20.1 Å². The number of β-lactam (4-membered cyclic amide) rings is 1. The third kappa shape index (κ3) is 5.26. The van der Waals surface area contributed by atoms with Crippen molar-refractivity contribution in [3.05, 3.63) is 45.8 Å². The number of hydroxylamine groups is 2. The number of carbonyl (C=O) groups excluding carboxylic acids is 3. The number of nitrogens with zero attached hydrogens (tertiary/aromatic N) is 6. The maximum absolute atomic E-state index is 12.4. The van der Waals surface area contributed by atoms with Crippen LogP contribution in [0, 0.1) is 11.8 Å². The molecule has 1 fully saturated rings. The predicted molar refractivity (Wildman–Crippen MR) is 101 cm³/mol. The van der Waals surface area contributed by atoms with E-state index in [1.54, 1.807) is 24.3 Å². The van der Waals surface area contributed by atoms with Gasteiger partial charge in [-0.3, -0.25) is 19.2 Å². The largest absolute Gasteiger partial charge is 0.424 e. The van der Waals surface area contributed by atoms with E-state index in [-0.39, 0.29) is 30.8 Å². The molecule has 2 atom stereocenters. The Hall–Kier alpha value is -3.52. The molecule has 1 saturated heterocycles. The van der Waals surface area contributed by atoms with Crippen LogP contribution in [0.3, 0.4) is 0 Å². The van der Waals surface area contributed by atoms with Crippen LogP contribution in [0.15, 0.2) is 29.4 Å². The van der Waals surface area contributed by atoms with E-state index in [4.69, 9.17) is 15.9 Å². The van der Waals surface area contributed by atoms with Gasteiger partial charge in [0.05, 0.1) is 5.92 Å². The highest BCUT2D eigenvalue weighted by molar-refractivity contribution is 6.63. The van der Waals surface area contributed by atoms with Crippen LogP contribution in [-0.2, 0) is 25.8 Å². The molecule has 1 aromatic carbocycles. The molecule has 1 aliphatic heterocycles. The van der Waals surface area contributed by atoms with Crippen molar-refractivity contribution < 1.29 is 24.0 Å². The summed E-state index contributed by atoms with van der Waals surface area (Å²) in [5.74, 6) is -2.02. The molecular formula is C18H21N7O4. The number of amides is 2. The Labute approximate surface area is 166 Å². The maximum atomic E-state index is 12.4. The van der Waals surface area contributed by atoms with Crippen molar-refractivity contribution in [2.24, 2.45) is 17.0 Å². The third-order valence-electron chi connectivity index (χ3n) is 4.56. The van der Waals surface area contributed by atoms with Crippen molar-refractivity contribution in [1.82, 2.24) is 10.4 Å². The lowest BCUT2D eigenvalue weighted by atomic mass is 9.78. The summed E-state index contributed by atoms with van der Waals surface area (Å²) in [6.07, 6.45) is -0.144. The van der Waals surface area contributed by atoms with Crippen molar-refractivity contribution >= 4 is 29.0 Å². The highest BCUT2D eigenvalue weighted by Gasteiger charge is 2.45. The minimum absolute atomic E-state index is 0.000206. The number of hydrogen-bond acceptors (Lipinski definition) is 5. The average molecular weight is 399 g/mol. The molecule has 29 heavy (non-hydrogen) atoms. The van der Waals surface area contributed by atoms with Gasteiger partial charge in [-0.15, -0.1) is 0 Å². The van der Waals surface area contributed by atoms with Crippen LogP contribution in [0.2, 0.25) is 0 Å². The van der Waals surface area contributed by atoms with Crippen LogP contribution >= 0.6 is 0 Å². The normalized spacial score (nSPS) is 17.4. The number of nitrogens with one attached hydrogen (secondary N) is 1. The summed E-state index contributed by atoms with van der Waals surface area (Å²) in [5, 5.41) is 6.88. The Morgan fingerprint density at radius 3 is 2.45 bits per heavy atom. The van der Waals surface area contributed by atoms with Gasteiger partial charge in [-0.2, -0.15) is 4.79 Å². The zero-order chi connectivity index (χ0) is 21.6. The average Bonchev–Trinajstić information content (AvgIpc) is 2.66. The van der Waals surface area contributed by atoms with Crippen molar-refractivity contribution in [2.45, 2.75) is 32.9 Å². The molecule has 1 N–H and O–H groups in total. The topological polar surface area (TPSA) is 161 Å². The second-order valence-corrected chi connectivity index (χ2v) is 6.89. The first-order chi connectivity index (χ1) is 13.8. The summed E-state index contributed by atoms with van der Waals surface area (Å²) >= 11 is 0. The van der Waals surface area contributed by atoms with Crippen molar-refractivity contribution in [3.63, 3.8) is 0 Å². The lowest BCUT2D eigenvalue weighted by Crippen LogP contribution is -2.61. The molecule has 1 aromatic rings. The van der Waals surface area contributed by atoms with Gasteiger partial charge in [0.2, 0.25) is 5.91 Å². The van der Waals surface area contributed by atoms with Gasteiger partial charge in [0, 0.05) is 30.1 Å². The first-order valence-electron chi connectivity index (χ1n) is 8.89. The van der Waals surface area contributed by atoms with E-state index in [9.17, 15) is 14.4 Å². The molecule has 0 unspecified atom stereocenters. The van der Waals surface area contributed by atoms with E-state index in [0.717, 1.165) is 5.06 Å². The maximum Gasteiger partial charge on any atom is 0.424 e. The van der Waals surface area contributed by atoms with Gasteiger partial charge in [0.1, 0.15) is 6.61 Å². The Bertz CT molecular complexity index is 899. The molecule has 11 heteroatoms. The van der Waals surface area contributed by atoms with Gasteiger partial charge < -0.3 is 10.8 Å². The molecule has 152 valence electrons. The van der Waals surface area contributed by atoms with E-state index >= 15 is 0 Å². The number of Topliss-reactive ketones (excluding diaryl/α,β-unsaturated/α-hetero) is 1. The van der Waals surface area contributed by atoms with Crippen LogP contribution in [0.5, 0.6) is 0 Å². The van der Waals surface area contributed by atoms with E-state index < -0.39 is 23.4 Å². The molecule has 1 aliphatic rings. The highest BCUT2D eigenvalue weighted by Crippen LogP contribution is 2.26. The summed E-state index contributed by atoms with van der Waals surface area (Å²) in [4.78, 5) is 47.2. The van der Waals surface area contributed by atoms with E-state index in [0.29, 0.717) is 11.3 Å². The van der Waals surface area contributed by atoms with Gasteiger partial charge >= 0.3 is 11.6 Å². The van der Waals surface area contributed by atoms with Crippen LogP contribution in [0.1, 0.15) is 25.8 Å². The van der Waals surface area contributed by atoms with E-state index in [1.807, 2.05) is 13.8 Å². The van der Waals surface area contributed by atoms with E-state index in [1.165, 1.54) is 7.05 Å². The molecule has 0 radical (unpaired) electrons. The minimum Gasteiger partial charge on any atom is -0.360 e. The predicted octanol–water partition coefficient (Wildman–Crippen LogP) is 1.92. The molecule has 2 amide bonds. The fraction of sp³-hybridized carbons (Fsp3) is 0.444. The van der Waals surface area contributed by atoms with Crippen molar-refractivity contribution in [1.29, 1.82) is 0 Å². The molecule has 0 aromatic heterocycles. The highest BCUT2D eigenvalue weighted by atomic mass is 16.7. The monoisotopic (exact) mass is 399 g/mol. The second-order valence-electron chi connectivity index (χ2n) is 6.89. The number of rotatable bonds is 9. The Morgan fingerprint density at radius 1 is 1.28 bits per heavy atom. The van der Waals surface area contributed by atoms with Gasteiger partial charge in [-0.1, -0.05) is 43.2 Å². The number of benzene rings is 1. The summed E-state index contributed by atoms with van der Waals surface area (Å²) in [6.45, 7) is 3.74. The number of hydrogen-bond donors (Lipinski definition) is 1. The third-order valence-corrected chi connectivity index (χ3v) is 4.56. The second kappa shape index (κ2) is 9.61. The lowest BCUT2D eigenvalue weighted by Gasteiger charge is -2.38. The molecule has 11 nitrogen and oxygen atoms in total. The molecule has 0 bridgehead atoms. The fourth-order valence-electron chi connectivity index (χ4n) is 3.00. The SMILES string of the molecule is CC(C)[C@H]1C(=O)N[C@@H]1CC(=O)C(=[N+]=[N-])C(=O)N(C)OCc1ccc(N=[N+]=[N-])cc1. The molecule has 0 spiro atoms. The van der Waals surface area contributed by atoms with Gasteiger partial charge in [-0.25, -0.2) is 5.06 Å². The van der Waals surface area contributed by atoms with Crippen LogP contribution in [-0.4, -0.2) is 46.3 Å². The zero-order valence-electron chi connectivity index (χ0n) is 16.3. The van der Waals surface area contributed by atoms with Crippen molar-refractivity contribution in [3.8, 4) is 0 Å². The molecule has 0 saturated carbocycles. The Morgan fingerprint density at radius 2 is 1.93 bits per heavy atom. The molecule has 2 rings (SSSR count). The van der Waals surface area contributed by atoms with Crippen molar-refractivity contribution in [2.75, 3.05) is 7.05 Å². The standard InChI is InChI=1S/C18H21N7O4/c1-10(2)15-13(21-17(15)27)8-14(26)16(22-19)18(28)25(3)29-9-11-4-6-12(7-5-11)23-24-20/h4-7,10,13,15H,8-9H2,1-3H3,(H,21,27)/t13-,15-/m1/s1. The fourth-order valence-corrected chi connectivity index (χ4v) is 3.00. The summed E-state index contributed by atoms with van der Waals surface area (Å²) in [7, 11) is 1.29. The van der Waals surface area contributed by atoms with Crippen LogP contribution in [0.25, 0.3) is 16.0 Å². The first kappa shape index (κ1) is 21.8. The minimum atomic E-state index is -0.907. The quantitative estimate of drug-likeness (QED) is 0.128. The molecule has 1 heterocycles. The smallest absolute Gasteiger partial charge is 0.360 e. The van der Waals surface area contributed by atoms with Gasteiger partial charge in [0.25, 0.3) is 5.78 Å². The summed E-state index contributed by atoms with van der Waals surface area (Å²) in [5.41, 5.74) is 18.0. The molecule has 0 aliphatic carbocycles. The number of azide groups is 1. The van der Waals surface area contributed by atoms with Gasteiger partial charge in [0.15, 0.2) is 0 Å². The van der Waals surface area contributed by atoms with Gasteiger partial charge in [-0.05, 0) is 17.0 Å². The Kier molecular flexibility index (Phi) is 7.21. The summed E-state index contributed by atoms with van der Waals surface area (Å²) in [6, 6.07) is 6.07. The number of ketones is 1. The zero-order valence-corrected chi connectivity index (χ0v) is 16.3. The summed E-state index contributed by atoms with van der Waals surface area (Å²) < 4.78 is 0. The number of carbonyl (C=O) groups is 3. The first-order valence-corrected chi connectivity index (χ1v) is 8.89. The Balaban J connectivity index is 1.94. The molecular weight excluding hydrogens is 378 g/mol. The van der Waals surface area contributed by atoms with Crippen LogP contribution in [0.4, 0.5) is 5.69 Å².